The summed E-state index contributed by atoms with van der Waals surface area (Å²) in [6.45, 7) is 2.51. The van der Waals surface area contributed by atoms with Crippen molar-refractivity contribution in [3.05, 3.63) is 21.9 Å². The van der Waals surface area contributed by atoms with Crippen LogP contribution in [0.1, 0.15) is 17.4 Å². The molecule has 1 N–H and O–H groups in total. The first-order chi connectivity index (χ1) is 8.17. The van der Waals surface area contributed by atoms with Crippen LogP contribution in [0, 0.1) is 11.8 Å². The van der Waals surface area contributed by atoms with Gasteiger partial charge in [-0.1, -0.05) is 11.8 Å². The molecular formula is C12H15NO3S. The highest BCUT2D eigenvalue weighted by Gasteiger charge is 2.10. The van der Waals surface area contributed by atoms with Gasteiger partial charge in [0.1, 0.15) is 6.61 Å². The van der Waals surface area contributed by atoms with Crippen LogP contribution in [0.25, 0.3) is 0 Å². The maximum atomic E-state index is 11.4. The molecule has 17 heavy (non-hydrogen) atoms. The third-order valence-electron chi connectivity index (χ3n) is 1.94. The van der Waals surface area contributed by atoms with Gasteiger partial charge in [0.15, 0.2) is 0 Å². The summed E-state index contributed by atoms with van der Waals surface area (Å²) in [6.07, 6.45) is -0.332. The Morgan fingerprint density at radius 1 is 1.65 bits per heavy atom. The van der Waals surface area contributed by atoms with Gasteiger partial charge in [-0.25, -0.2) is 4.79 Å². The van der Waals surface area contributed by atoms with Crippen LogP contribution < -0.4 is 0 Å². The van der Waals surface area contributed by atoms with Crippen molar-refractivity contribution < 1.29 is 14.6 Å². The van der Waals surface area contributed by atoms with Gasteiger partial charge in [0, 0.05) is 13.6 Å². The molecule has 0 aromatic carbocycles. The highest BCUT2D eigenvalue weighted by atomic mass is 32.1. The summed E-state index contributed by atoms with van der Waals surface area (Å²) in [5.41, 5.74) is 1.01. The predicted molar refractivity (Wildman–Crippen MR) is 66.8 cm³/mol. The van der Waals surface area contributed by atoms with Crippen molar-refractivity contribution in [2.24, 2.45) is 0 Å². The van der Waals surface area contributed by atoms with Crippen LogP contribution >= 0.6 is 11.3 Å². The number of thiophene rings is 1. The molecule has 0 spiro atoms. The second-order valence-electron chi connectivity index (χ2n) is 3.33. The normalized spacial score (nSPS) is 9.35. The van der Waals surface area contributed by atoms with E-state index in [1.807, 2.05) is 11.4 Å². The number of aliphatic hydroxyl groups is 1. The van der Waals surface area contributed by atoms with Gasteiger partial charge in [0.25, 0.3) is 0 Å². The molecule has 0 saturated heterocycles. The third-order valence-corrected chi connectivity index (χ3v) is 2.84. The number of amides is 1. The average molecular weight is 253 g/mol. The minimum Gasteiger partial charge on any atom is -0.450 e. The fourth-order valence-electron chi connectivity index (χ4n) is 1.22. The topological polar surface area (TPSA) is 49.8 Å². The molecule has 0 fully saturated rings. The molecule has 1 rings (SSSR count). The van der Waals surface area contributed by atoms with Crippen molar-refractivity contribution >= 4 is 17.4 Å². The van der Waals surface area contributed by atoms with Gasteiger partial charge in [0.05, 0.1) is 11.5 Å². The van der Waals surface area contributed by atoms with E-state index in [2.05, 4.69) is 11.8 Å². The number of hydrogen-bond donors (Lipinski definition) is 1. The Hall–Kier alpha value is -1.51. The van der Waals surface area contributed by atoms with Crippen LogP contribution in [0.15, 0.2) is 11.4 Å². The molecule has 0 aliphatic rings. The van der Waals surface area contributed by atoms with E-state index in [0.717, 1.165) is 10.4 Å². The Morgan fingerprint density at radius 2 is 2.41 bits per heavy atom. The van der Waals surface area contributed by atoms with Gasteiger partial charge in [-0.15, -0.1) is 11.3 Å². The van der Waals surface area contributed by atoms with Crippen LogP contribution in [0.5, 0.6) is 0 Å². The molecule has 4 nitrogen and oxygen atoms in total. The van der Waals surface area contributed by atoms with E-state index in [4.69, 9.17) is 9.84 Å². The number of carbonyl (C=O) groups is 1. The minimum atomic E-state index is -0.332. The van der Waals surface area contributed by atoms with E-state index in [-0.39, 0.29) is 12.7 Å². The Kier molecular flexibility index (Phi) is 5.53. The van der Waals surface area contributed by atoms with Crippen molar-refractivity contribution in [3.8, 4) is 11.8 Å². The largest absolute Gasteiger partial charge is 0.450 e. The first kappa shape index (κ1) is 13.6. The van der Waals surface area contributed by atoms with Gasteiger partial charge in [0.2, 0.25) is 0 Å². The van der Waals surface area contributed by atoms with Crippen LogP contribution in [-0.4, -0.2) is 36.4 Å². The first-order valence-corrected chi connectivity index (χ1v) is 6.10. The van der Waals surface area contributed by atoms with Crippen molar-refractivity contribution in [2.75, 3.05) is 20.3 Å². The lowest BCUT2D eigenvalue weighted by Crippen LogP contribution is -2.26. The summed E-state index contributed by atoms with van der Waals surface area (Å²) >= 11 is 1.49. The molecule has 0 radical (unpaired) electrons. The summed E-state index contributed by atoms with van der Waals surface area (Å²) in [5, 5.41) is 10.5. The van der Waals surface area contributed by atoms with Crippen molar-refractivity contribution in [1.82, 2.24) is 4.90 Å². The second-order valence-corrected chi connectivity index (χ2v) is 4.25. The lowest BCUT2D eigenvalue weighted by Gasteiger charge is -2.15. The molecule has 1 heterocycles. The monoisotopic (exact) mass is 253 g/mol. The molecule has 1 aromatic heterocycles. The fourth-order valence-corrected chi connectivity index (χ4v) is 1.99. The predicted octanol–water partition coefficient (Wildman–Crippen LogP) is 1.68. The Morgan fingerprint density at radius 3 is 3.06 bits per heavy atom. The van der Waals surface area contributed by atoms with Crippen LogP contribution in [0.3, 0.4) is 0 Å². The zero-order valence-corrected chi connectivity index (χ0v) is 10.7. The van der Waals surface area contributed by atoms with E-state index >= 15 is 0 Å². The van der Waals surface area contributed by atoms with Crippen LogP contribution in [-0.2, 0) is 11.3 Å². The number of rotatable bonds is 3. The maximum absolute atomic E-state index is 11.4. The molecule has 0 aliphatic heterocycles. The van der Waals surface area contributed by atoms with Gasteiger partial charge in [-0.3, -0.25) is 0 Å². The molecule has 92 valence electrons. The molecule has 0 unspecified atom stereocenters. The number of ether oxygens (including phenoxy) is 1. The molecule has 0 aliphatic carbocycles. The third kappa shape index (κ3) is 4.47. The van der Waals surface area contributed by atoms with E-state index in [1.54, 1.807) is 14.0 Å². The second kappa shape index (κ2) is 6.94. The highest BCUT2D eigenvalue weighted by molar-refractivity contribution is 7.10. The van der Waals surface area contributed by atoms with Crippen LogP contribution in [0.2, 0.25) is 0 Å². The van der Waals surface area contributed by atoms with Crippen molar-refractivity contribution in [1.29, 1.82) is 0 Å². The number of hydrogen-bond acceptors (Lipinski definition) is 4. The van der Waals surface area contributed by atoms with E-state index in [9.17, 15) is 4.79 Å². The Labute approximate surface area is 105 Å². The van der Waals surface area contributed by atoms with Gasteiger partial charge in [-0.05, 0) is 23.9 Å². The lowest BCUT2D eigenvalue weighted by atomic mass is 10.3. The standard InChI is InChI=1S/C12H15NO3S/c1-3-16-12(15)13(2)8-10-7-11(17-9-10)5-4-6-14/h7,9,14H,3,6,8H2,1-2H3. The maximum Gasteiger partial charge on any atom is 0.409 e. The average Bonchev–Trinajstić information content (AvgIpc) is 2.74. The van der Waals surface area contributed by atoms with Crippen molar-refractivity contribution in [3.63, 3.8) is 0 Å². The Bertz CT molecular complexity index is 430. The van der Waals surface area contributed by atoms with E-state index in [1.165, 1.54) is 16.2 Å². The summed E-state index contributed by atoms with van der Waals surface area (Å²) in [6, 6.07) is 1.91. The zero-order chi connectivity index (χ0) is 12.7. The fraction of sp³-hybridized carbons (Fsp3) is 0.417. The van der Waals surface area contributed by atoms with Crippen molar-refractivity contribution in [2.45, 2.75) is 13.5 Å². The van der Waals surface area contributed by atoms with Crippen LogP contribution in [0.4, 0.5) is 4.79 Å². The van der Waals surface area contributed by atoms with Gasteiger partial charge < -0.3 is 14.7 Å². The highest BCUT2D eigenvalue weighted by Crippen LogP contribution is 2.15. The number of nitrogens with zero attached hydrogens (tertiary/aromatic N) is 1. The number of aliphatic hydroxyl groups excluding tert-OH is 1. The minimum absolute atomic E-state index is 0.143. The zero-order valence-electron chi connectivity index (χ0n) is 9.90. The summed E-state index contributed by atoms with van der Waals surface area (Å²) in [7, 11) is 1.69. The summed E-state index contributed by atoms with van der Waals surface area (Å²) < 4.78 is 4.88. The molecular weight excluding hydrogens is 238 g/mol. The SMILES string of the molecule is CCOC(=O)N(C)Cc1csc(C#CCO)c1. The molecule has 0 saturated carbocycles. The molecule has 5 heteroatoms. The van der Waals surface area contributed by atoms with Gasteiger partial charge in [-0.2, -0.15) is 0 Å². The lowest BCUT2D eigenvalue weighted by molar-refractivity contribution is 0.114. The molecule has 1 amide bonds. The molecule has 0 bridgehead atoms. The molecule has 0 atom stereocenters. The van der Waals surface area contributed by atoms with E-state index < -0.39 is 0 Å². The summed E-state index contributed by atoms with van der Waals surface area (Å²) in [4.78, 5) is 13.8. The number of carbonyl (C=O) groups excluding carboxylic acids is 1. The van der Waals surface area contributed by atoms with Gasteiger partial charge >= 0.3 is 6.09 Å². The Balaban J connectivity index is 2.57. The van der Waals surface area contributed by atoms with E-state index in [0.29, 0.717) is 13.2 Å². The first-order valence-electron chi connectivity index (χ1n) is 5.22. The smallest absolute Gasteiger partial charge is 0.409 e. The quantitative estimate of drug-likeness (QED) is 0.834. The molecule has 1 aromatic rings. The summed E-state index contributed by atoms with van der Waals surface area (Å²) in [5.74, 6) is 5.41.